The first-order valence-electron chi connectivity index (χ1n) is 0. The van der Waals surface area contributed by atoms with Crippen LogP contribution < -0.4 is 0 Å². The van der Waals surface area contributed by atoms with Gasteiger partial charge in [-0.05, 0) is 0 Å². The molecule has 0 bridgehead atoms. The molecule has 0 spiro atoms. The first kappa shape index (κ1) is 61.4. The fourth-order valence-corrected chi connectivity index (χ4v) is 0. The summed E-state index contributed by atoms with van der Waals surface area (Å²) in [7, 11) is 0. The maximum Gasteiger partial charge on any atom is 0 e. The molecule has 6 heteroatoms. The van der Waals surface area contributed by atoms with Gasteiger partial charge in [0.25, 0.3) is 0 Å². The van der Waals surface area contributed by atoms with E-state index in [1.807, 2.05) is 0 Å². The second-order valence-corrected chi connectivity index (χ2v) is 0. The fourth-order valence-electron chi connectivity index (χ4n) is 0. The molecule has 0 aromatic carbocycles. The molecule has 45 valence electrons. The summed E-state index contributed by atoms with van der Waals surface area (Å²) in [4.78, 5) is 0. The van der Waals surface area contributed by atoms with Crippen molar-refractivity contribution in [3.05, 3.63) is 0 Å². The Labute approximate surface area is 106 Å². The Morgan fingerprint density at radius 3 is 0.333 bits per heavy atom. The van der Waals surface area contributed by atoms with Crippen molar-refractivity contribution < 1.29 is 22.4 Å². The van der Waals surface area contributed by atoms with E-state index >= 15 is 0 Å². The molecule has 0 atom stereocenters. The number of hydrogen-bond acceptors (Lipinski definition) is 0. The van der Waals surface area contributed by atoms with Gasteiger partial charge in [0.15, 0.2) is 0 Å². The topological polar surface area (TPSA) is 0 Å². The molecular formula is H5Br5Nb. The predicted molar refractivity (Wildman–Crippen MR) is 51.6 cm³/mol. The summed E-state index contributed by atoms with van der Waals surface area (Å²) in [5, 5.41) is 0. The molecule has 0 amide bonds. The first-order chi connectivity index (χ1) is 0. The molecule has 6 heavy (non-hydrogen) atoms. The molecular weight excluding hydrogens is 492 g/mol. The Hall–Kier alpha value is 3.14. The van der Waals surface area contributed by atoms with Gasteiger partial charge in [0.05, 0.1) is 0 Å². The van der Waals surface area contributed by atoms with Gasteiger partial charge in [0.2, 0.25) is 0 Å². The molecule has 0 N–H and O–H groups in total. The Morgan fingerprint density at radius 2 is 0.333 bits per heavy atom. The Bertz CT molecular complexity index is 3.90. The second-order valence-electron chi connectivity index (χ2n) is 0. The van der Waals surface area contributed by atoms with Gasteiger partial charge < -0.3 is 0 Å². The van der Waals surface area contributed by atoms with E-state index in [0.717, 1.165) is 0 Å². The van der Waals surface area contributed by atoms with Crippen LogP contribution >= 0.6 is 84.9 Å². The quantitative estimate of drug-likeness (QED) is 0.452. The van der Waals surface area contributed by atoms with E-state index in [2.05, 4.69) is 0 Å². The van der Waals surface area contributed by atoms with E-state index in [-0.39, 0.29) is 107 Å². The van der Waals surface area contributed by atoms with E-state index in [1.165, 1.54) is 0 Å². The molecule has 0 aromatic rings. The molecule has 1 radical (unpaired) electrons. The third-order valence-electron chi connectivity index (χ3n) is 0. The minimum Gasteiger partial charge on any atom is -0.114 e. The van der Waals surface area contributed by atoms with Crippen LogP contribution in [0.5, 0.6) is 0 Å². The van der Waals surface area contributed by atoms with Gasteiger partial charge >= 0.3 is 0 Å². The minimum absolute atomic E-state index is 0. The molecule has 0 rings (SSSR count). The molecule has 0 unspecified atom stereocenters. The molecule has 0 aliphatic rings. The van der Waals surface area contributed by atoms with Crippen LogP contribution in [-0.2, 0) is 22.4 Å². The zero-order valence-electron chi connectivity index (χ0n) is 2.49. The molecule has 0 saturated carbocycles. The standard InChI is InChI=1S/5BrH.Nb/h5*1H;. The van der Waals surface area contributed by atoms with Crippen molar-refractivity contribution in [1.29, 1.82) is 0 Å². The zero-order chi connectivity index (χ0) is 0. The molecule has 0 nitrogen and oxygen atoms in total. The van der Waals surface area contributed by atoms with Crippen molar-refractivity contribution in [2.45, 2.75) is 0 Å². The van der Waals surface area contributed by atoms with E-state index in [9.17, 15) is 0 Å². The van der Waals surface area contributed by atoms with E-state index in [4.69, 9.17) is 0 Å². The van der Waals surface area contributed by atoms with Gasteiger partial charge in [-0.25, -0.2) is 0 Å². The van der Waals surface area contributed by atoms with Gasteiger partial charge in [-0.1, -0.05) is 0 Å². The number of rotatable bonds is 0. The largest absolute Gasteiger partial charge is 0.114 e. The van der Waals surface area contributed by atoms with Crippen LogP contribution in [0.1, 0.15) is 0 Å². The van der Waals surface area contributed by atoms with Crippen LogP contribution in [-0.4, -0.2) is 0 Å². The normalized spacial score (nSPS) is 0. The fraction of sp³-hybridized carbons (Fsp3) is 0. The maximum absolute atomic E-state index is 0. The average Bonchev–Trinajstić information content (AvgIpc) is 0. The summed E-state index contributed by atoms with van der Waals surface area (Å²) >= 11 is 0. The van der Waals surface area contributed by atoms with E-state index in [1.54, 1.807) is 0 Å². The third kappa shape index (κ3) is 27.3. The summed E-state index contributed by atoms with van der Waals surface area (Å²) in [5.74, 6) is 0. The summed E-state index contributed by atoms with van der Waals surface area (Å²) in [5.41, 5.74) is 0. The van der Waals surface area contributed by atoms with Gasteiger partial charge in [-0.3, -0.25) is 0 Å². The van der Waals surface area contributed by atoms with Crippen LogP contribution in [0.4, 0.5) is 0 Å². The first-order valence-corrected chi connectivity index (χ1v) is 0. The van der Waals surface area contributed by atoms with Crippen molar-refractivity contribution in [3.8, 4) is 0 Å². The molecule has 0 aliphatic carbocycles. The minimum atomic E-state index is 0. The van der Waals surface area contributed by atoms with E-state index < -0.39 is 0 Å². The van der Waals surface area contributed by atoms with Gasteiger partial charge in [0, 0.05) is 22.4 Å². The Balaban J connectivity index is 0. The predicted octanol–water partition coefficient (Wildman–Crippen LogP) is 2.89. The van der Waals surface area contributed by atoms with Crippen molar-refractivity contribution in [2.75, 3.05) is 0 Å². The second kappa shape index (κ2) is 42.1. The van der Waals surface area contributed by atoms with Crippen LogP contribution in [0, 0.1) is 0 Å². The number of halogens is 5. The van der Waals surface area contributed by atoms with Crippen LogP contribution in [0.2, 0.25) is 0 Å². The smallest absolute Gasteiger partial charge is 0 e. The molecule has 0 fully saturated rings. The molecule has 0 aromatic heterocycles. The van der Waals surface area contributed by atoms with Crippen molar-refractivity contribution in [1.82, 2.24) is 0 Å². The molecule has 0 heterocycles. The van der Waals surface area contributed by atoms with Gasteiger partial charge in [-0.2, -0.15) is 0 Å². The molecule has 0 saturated heterocycles. The summed E-state index contributed by atoms with van der Waals surface area (Å²) in [6.45, 7) is 0. The average molecular weight is 497 g/mol. The van der Waals surface area contributed by atoms with Crippen LogP contribution in [0.25, 0.3) is 0 Å². The number of hydrogen-bond donors (Lipinski definition) is 0. The van der Waals surface area contributed by atoms with Gasteiger partial charge in [0.1, 0.15) is 0 Å². The molecule has 0 aliphatic heterocycles. The van der Waals surface area contributed by atoms with Crippen LogP contribution in [0.15, 0.2) is 0 Å². The summed E-state index contributed by atoms with van der Waals surface area (Å²) in [6, 6.07) is 0. The van der Waals surface area contributed by atoms with E-state index in [0.29, 0.717) is 0 Å². The Kier molecular flexibility index (Phi) is 431. The van der Waals surface area contributed by atoms with Crippen molar-refractivity contribution in [2.24, 2.45) is 0 Å². The summed E-state index contributed by atoms with van der Waals surface area (Å²) in [6.07, 6.45) is 0. The Morgan fingerprint density at radius 1 is 0.333 bits per heavy atom. The third-order valence-corrected chi connectivity index (χ3v) is 0. The zero-order valence-corrected chi connectivity index (χ0v) is 13.3. The van der Waals surface area contributed by atoms with Crippen molar-refractivity contribution >= 4 is 84.9 Å². The summed E-state index contributed by atoms with van der Waals surface area (Å²) < 4.78 is 0. The van der Waals surface area contributed by atoms with Crippen molar-refractivity contribution in [3.63, 3.8) is 0 Å². The van der Waals surface area contributed by atoms with Crippen LogP contribution in [0.3, 0.4) is 0 Å². The SMILES string of the molecule is Br.Br.Br.Br.Br.[Nb]. The monoisotopic (exact) mass is 493 g/mol. The maximum atomic E-state index is 0. The van der Waals surface area contributed by atoms with Gasteiger partial charge in [-0.15, -0.1) is 84.9 Å².